The number of carbonyl (C=O) groups is 1. The molecule has 1 atom stereocenters. The summed E-state index contributed by atoms with van der Waals surface area (Å²) in [5, 5.41) is 4.16. The van der Waals surface area contributed by atoms with Gasteiger partial charge in [-0.15, -0.1) is 0 Å². The molecule has 1 aliphatic heterocycles. The molecule has 2 aromatic rings. The van der Waals surface area contributed by atoms with E-state index in [2.05, 4.69) is 19.6 Å². The molecule has 5 nitrogen and oxygen atoms in total. The first kappa shape index (κ1) is 19.3. The first-order valence-electron chi connectivity index (χ1n) is 10.3. The van der Waals surface area contributed by atoms with Crippen molar-refractivity contribution in [2.24, 2.45) is 5.92 Å². The standard InChI is InChI=1S/C21H27FN4OS/c22-17-10-8-15(9-11-17)13-19-24-21(28-25-19)26-12-4-5-16(14-26)20(27)23-18-6-2-1-3-7-18/h8-11,16,18H,1-7,12-14H2,(H,23,27)/t16-/m1/s1. The van der Waals surface area contributed by atoms with E-state index in [1.807, 2.05) is 0 Å². The fraction of sp³-hybridized carbons (Fsp3) is 0.571. The minimum atomic E-state index is -0.235. The van der Waals surface area contributed by atoms with Crippen LogP contribution in [0.2, 0.25) is 0 Å². The highest BCUT2D eigenvalue weighted by Crippen LogP contribution is 2.26. The molecule has 0 spiro atoms. The summed E-state index contributed by atoms with van der Waals surface area (Å²) in [6, 6.07) is 6.82. The largest absolute Gasteiger partial charge is 0.353 e. The van der Waals surface area contributed by atoms with Gasteiger partial charge in [0.05, 0.1) is 5.92 Å². The van der Waals surface area contributed by atoms with Crippen molar-refractivity contribution in [1.29, 1.82) is 0 Å². The first-order chi connectivity index (χ1) is 13.7. The Kier molecular flexibility index (Phi) is 6.20. The molecule has 4 rings (SSSR count). The van der Waals surface area contributed by atoms with Crippen molar-refractivity contribution in [3.05, 3.63) is 41.5 Å². The van der Waals surface area contributed by atoms with E-state index in [0.29, 0.717) is 19.0 Å². The van der Waals surface area contributed by atoms with E-state index in [-0.39, 0.29) is 17.6 Å². The lowest BCUT2D eigenvalue weighted by molar-refractivity contribution is -0.126. The molecule has 7 heteroatoms. The maximum absolute atomic E-state index is 13.1. The SMILES string of the molecule is O=C(NC1CCCCC1)[C@@H]1CCCN(c2nc(Cc3ccc(F)cc3)ns2)C1. The van der Waals surface area contributed by atoms with Gasteiger partial charge in [0, 0.05) is 37.1 Å². The number of benzene rings is 1. The van der Waals surface area contributed by atoms with Gasteiger partial charge in [-0.2, -0.15) is 4.37 Å². The lowest BCUT2D eigenvalue weighted by Crippen LogP contribution is -2.46. The number of halogens is 1. The van der Waals surface area contributed by atoms with E-state index in [1.165, 1.54) is 42.9 Å². The van der Waals surface area contributed by atoms with Gasteiger partial charge in [0.25, 0.3) is 0 Å². The number of nitrogens with zero attached hydrogens (tertiary/aromatic N) is 3. The maximum Gasteiger partial charge on any atom is 0.225 e. The fourth-order valence-corrected chi connectivity index (χ4v) is 4.88. The third kappa shape index (κ3) is 4.87. The van der Waals surface area contributed by atoms with Crippen molar-refractivity contribution in [2.45, 2.75) is 57.4 Å². The van der Waals surface area contributed by atoms with E-state index < -0.39 is 0 Å². The Morgan fingerprint density at radius 1 is 1.14 bits per heavy atom. The number of rotatable bonds is 5. The van der Waals surface area contributed by atoms with Crippen LogP contribution < -0.4 is 10.2 Å². The Morgan fingerprint density at radius 3 is 2.71 bits per heavy atom. The van der Waals surface area contributed by atoms with Crippen molar-refractivity contribution in [2.75, 3.05) is 18.0 Å². The molecular weight excluding hydrogens is 375 g/mol. The Bertz CT molecular complexity index is 788. The molecule has 1 aromatic carbocycles. The molecule has 150 valence electrons. The van der Waals surface area contributed by atoms with E-state index in [1.54, 1.807) is 12.1 Å². The number of aromatic nitrogens is 2. The molecule has 1 saturated carbocycles. The fourth-order valence-electron chi connectivity index (χ4n) is 4.16. The highest BCUT2D eigenvalue weighted by atomic mass is 32.1. The average molecular weight is 403 g/mol. The molecule has 2 aliphatic rings. The highest BCUT2D eigenvalue weighted by Gasteiger charge is 2.29. The van der Waals surface area contributed by atoms with E-state index >= 15 is 0 Å². The van der Waals surface area contributed by atoms with Gasteiger partial charge >= 0.3 is 0 Å². The molecule has 28 heavy (non-hydrogen) atoms. The van der Waals surface area contributed by atoms with Crippen LogP contribution in [0.1, 0.15) is 56.3 Å². The van der Waals surface area contributed by atoms with Crippen molar-refractivity contribution in [3.63, 3.8) is 0 Å². The molecule has 2 fully saturated rings. The molecule has 1 aliphatic carbocycles. The van der Waals surface area contributed by atoms with E-state index in [0.717, 1.165) is 48.7 Å². The van der Waals surface area contributed by atoms with Crippen molar-refractivity contribution in [1.82, 2.24) is 14.7 Å². The average Bonchev–Trinajstić information content (AvgIpc) is 3.19. The number of piperidine rings is 1. The van der Waals surface area contributed by atoms with Crippen molar-refractivity contribution in [3.8, 4) is 0 Å². The third-order valence-corrected chi connectivity index (χ3v) is 6.56. The van der Waals surface area contributed by atoms with Gasteiger partial charge in [0.15, 0.2) is 0 Å². The summed E-state index contributed by atoms with van der Waals surface area (Å²) < 4.78 is 17.5. The molecule has 0 bridgehead atoms. The van der Waals surface area contributed by atoms with Crippen molar-refractivity contribution >= 4 is 22.6 Å². The third-order valence-electron chi connectivity index (χ3n) is 5.75. The second-order valence-corrected chi connectivity index (χ2v) is 8.66. The van der Waals surface area contributed by atoms with Gasteiger partial charge in [-0.05, 0) is 43.4 Å². The lowest BCUT2D eigenvalue weighted by Gasteiger charge is -2.33. The Morgan fingerprint density at radius 2 is 1.93 bits per heavy atom. The Hall–Kier alpha value is -2.02. The molecule has 1 amide bonds. The zero-order chi connectivity index (χ0) is 19.3. The topological polar surface area (TPSA) is 58.1 Å². The summed E-state index contributed by atoms with van der Waals surface area (Å²) in [6.45, 7) is 1.63. The van der Waals surface area contributed by atoms with Crippen LogP contribution in [0.3, 0.4) is 0 Å². The van der Waals surface area contributed by atoms with Crippen LogP contribution in [0.5, 0.6) is 0 Å². The first-order valence-corrected chi connectivity index (χ1v) is 11.1. The Balaban J connectivity index is 1.34. The van der Waals surface area contributed by atoms with Gasteiger partial charge in [-0.3, -0.25) is 4.79 Å². The molecule has 1 saturated heterocycles. The second kappa shape index (κ2) is 8.99. The van der Waals surface area contributed by atoms with Crippen LogP contribution in [0, 0.1) is 11.7 Å². The van der Waals surface area contributed by atoms with Gasteiger partial charge < -0.3 is 10.2 Å². The van der Waals surface area contributed by atoms with Gasteiger partial charge in [0.1, 0.15) is 11.6 Å². The minimum absolute atomic E-state index is 0.0279. The summed E-state index contributed by atoms with van der Waals surface area (Å²) in [7, 11) is 0. The smallest absolute Gasteiger partial charge is 0.225 e. The van der Waals surface area contributed by atoms with Crippen LogP contribution in [0.15, 0.2) is 24.3 Å². The zero-order valence-electron chi connectivity index (χ0n) is 16.1. The van der Waals surface area contributed by atoms with Gasteiger partial charge in [0.2, 0.25) is 11.0 Å². The minimum Gasteiger partial charge on any atom is -0.353 e. The predicted molar refractivity (Wildman–Crippen MR) is 109 cm³/mol. The van der Waals surface area contributed by atoms with E-state index in [9.17, 15) is 9.18 Å². The summed E-state index contributed by atoms with van der Waals surface area (Å²) in [5.74, 6) is 0.745. The summed E-state index contributed by atoms with van der Waals surface area (Å²) in [4.78, 5) is 19.6. The number of nitrogens with one attached hydrogen (secondary N) is 1. The molecule has 0 radical (unpaired) electrons. The number of amides is 1. The molecule has 2 heterocycles. The molecule has 1 N–H and O–H groups in total. The van der Waals surface area contributed by atoms with Crippen LogP contribution in [0.25, 0.3) is 0 Å². The number of hydrogen-bond donors (Lipinski definition) is 1. The second-order valence-electron chi connectivity index (χ2n) is 7.93. The molecule has 1 aromatic heterocycles. The lowest BCUT2D eigenvalue weighted by atomic mass is 9.93. The summed E-state index contributed by atoms with van der Waals surface area (Å²) in [6.07, 6.45) is 8.51. The Labute approximate surface area is 169 Å². The maximum atomic E-state index is 13.1. The normalized spacial score (nSPS) is 20.9. The monoisotopic (exact) mass is 402 g/mol. The number of hydrogen-bond acceptors (Lipinski definition) is 5. The van der Waals surface area contributed by atoms with Crippen LogP contribution in [-0.2, 0) is 11.2 Å². The highest BCUT2D eigenvalue weighted by molar-refractivity contribution is 7.09. The zero-order valence-corrected chi connectivity index (χ0v) is 16.9. The van der Waals surface area contributed by atoms with Gasteiger partial charge in [-0.1, -0.05) is 31.4 Å². The quantitative estimate of drug-likeness (QED) is 0.823. The summed E-state index contributed by atoms with van der Waals surface area (Å²) in [5.41, 5.74) is 0.995. The number of anilines is 1. The molecular formula is C21H27FN4OS. The number of carbonyl (C=O) groups excluding carboxylic acids is 1. The molecule has 0 unspecified atom stereocenters. The van der Waals surface area contributed by atoms with E-state index in [4.69, 9.17) is 0 Å². The van der Waals surface area contributed by atoms with Crippen LogP contribution >= 0.6 is 11.5 Å². The predicted octanol–water partition coefficient (Wildman–Crippen LogP) is 3.93. The summed E-state index contributed by atoms with van der Waals surface area (Å²) >= 11 is 1.39. The van der Waals surface area contributed by atoms with Crippen molar-refractivity contribution < 1.29 is 9.18 Å². The van der Waals surface area contributed by atoms with Crippen LogP contribution in [-0.4, -0.2) is 34.4 Å². The van der Waals surface area contributed by atoms with Gasteiger partial charge in [-0.25, -0.2) is 9.37 Å². The van der Waals surface area contributed by atoms with Crippen LogP contribution in [0.4, 0.5) is 9.52 Å².